The Morgan fingerprint density at radius 1 is 1.35 bits per heavy atom. The smallest absolute Gasteiger partial charge is 0.358 e. The van der Waals surface area contributed by atoms with Crippen LogP contribution in [-0.4, -0.2) is 19.9 Å². The van der Waals surface area contributed by atoms with Crippen LogP contribution in [-0.2, 0) is 21.7 Å². The first-order valence-corrected chi connectivity index (χ1v) is 6.92. The predicted molar refractivity (Wildman–Crippen MR) is 74.6 cm³/mol. The van der Waals surface area contributed by atoms with Crippen LogP contribution >= 0.6 is 0 Å². The average Bonchev–Trinajstić information content (AvgIpc) is 2.51. The number of nitrogens with one attached hydrogen (secondary N) is 1. The molecule has 1 aliphatic rings. The van der Waals surface area contributed by atoms with E-state index in [1.807, 2.05) is 26.8 Å². The van der Waals surface area contributed by atoms with Crippen LogP contribution in [0.3, 0.4) is 0 Å². The zero-order valence-corrected chi connectivity index (χ0v) is 14.4. The van der Waals surface area contributed by atoms with Crippen molar-refractivity contribution in [2.75, 3.05) is 0 Å². The van der Waals surface area contributed by atoms with Crippen molar-refractivity contribution in [3.05, 3.63) is 38.3 Å². The van der Waals surface area contributed by atoms with E-state index in [-0.39, 0.29) is 47.6 Å². The third-order valence-electron chi connectivity index (χ3n) is 2.08. The second kappa shape index (κ2) is 8.90. The topological polar surface area (TPSA) is 29.1 Å². The van der Waals surface area contributed by atoms with Crippen LogP contribution in [0.15, 0.2) is 23.4 Å². The predicted octanol–water partition coefficient (Wildman–Crippen LogP) is 3.52. The van der Waals surface area contributed by atoms with Gasteiger partial charge in [-0.3, -0.25) is 4.79 Å². The van der Waals surface area contributed by atoms with Crippen LogP contribution in [0.2, 0.25) is 6.55 Å². The minimum Gasteiger partial charge on any atom is -0.358 e. The monoisotopic (exact) mass is 286 g/mol. The summed E-state index contributed by atoms with van der Waals surface area (Å²) in [6.45, 7) is 8.11. The van der Waals surface area contributed by atoms with Crippen LogP contribution < -0.4 is 5.32 Å². The van der Waals surface area contributed by atoms with Gasteiger partial charge in [-0.05, 0) is 27.2 Å². The number of amides is 1. The van der Waals surface area contributed by atoms with Crippen LogP contribution in [0.4, 0.5) is 4.79 Å². The van der Waals surface area contributed by atoms with Gasteiger partial charge in [-0.15, -0.1) is 0 Å². The second-order valence-electron chi connectivity index (χ2n) is 4.65. The molecular formula is C13H24NOSiTi. The molecule has 1 rings (SSSR count). The van der Waals surface area contributed by atoms with Gasteiger partial charge in [0.15, 0.2) is 14.3 Å². The maximum absolute atomic E-state index is 11.8. The van der Waals surface area contributed by atoms with Gasteiger partial charge in [0.1, 0.15) is 0 Å². The molecule has 0 fully saturated rings. The molecule has 0 saturated heterocycles. The molecular weight excluding hydrogens is 262 g/mol. The molecule has 1 amide bonds. The Balaban J connectivity index is -0.000000653. The Bertz CT molecular complexity index is 292. The summed E-state index contributed by atoms with van der Waals surface area (Å²) >= 11 is 0. The molecule has 1 N–H and O–H groups in total. The summed E-state index contributed by atoms with van der Waals surface area (Å²) in [5.41, 5.74) is 0.104. The Kier molecular flexibility index (Phi) is 11.6. The summed E-state index contributed by atoms with van der Waals surface area (Å²) < 4.78 is 0. The number of hydrogen-bond acceptors (Lipinski definition) is 1. The molecule has 17 heavy (non-hydrogen) atoms. The number of hydrogen-bond donors (Lipinski definition) is 1. The zero-order valence-electron chi connectivity index (χ0n) is 11.8. The van der Waals surface area contributed by atoms with E-state index in [1.165, 1.54) is 5.20 Å². The molecule has 0 aromatic carbocycles. The largest absolute Gasteiger partial charge is 2.00 e. The molecule has 95 valence electrons. The van der Waals surface area contributed by atoms with Gasteiger partial charge in [0.2, 0.25) is 0 Å². The normalized spacial score (nSPS) is 13.1. The summed E-state index contributed by atoms with van der Waals surface area (Å²) in [7, 11) is -1.03. The summed E-state index contributed by atoms with van der Waals surface area (Å²) in [6.07, 6.45) is 7.18. The third kappa shape index (κ3) is 7.74. The molecule has 0 atom stereocenters. The van der Waals surface area contributed by atoms with Gasteiger partial charge in [0.05, 0.1) is 0 Å². The maximum atomic E-state index is 11.8. The quantitative estimate of drug-likeness (QED) is 0.610. The van der Waals surface area contributed by atoms with Crippen molar-refractivity contribution in [2.24, 2.45) is 0 Å². The van der Waals surface area contributed by atoms with Crippen LogP contribution in [0, 0.1) is 14.9 Å². The Hall–Kier alpha value is -0.119. The fourth-order valence-corrected chi connectivity index (χ4v) is 2.93. The van der Waals surface area contributed by atoms with E-state index in [0.29, 0.717) is 0 Å². The Morgan fingerprint density at radius 2 is 1.88 bits per heavy atom. The van der Waals surface area contributed by atoms with Crippen LogP contribution in [0.25, 0.3) is 0 Å². The van der Waals surface area contributed by atoms with Crippen LogP contribution in [0.1, 0.15) is 27.2 Å². The molecule has 0 saturated carbocycles. The molecule has 4 heteroatoms. The second-order valence-corrected chi connectivity index (χ2v) is 7.00. The molecule has 1 radical (unpaired) electrons. The molecule has 0 unspecified atom stereocenters. The minimum absolute atomic E-state index is 0. The molecule has 0 aliphatic heterocycles. The van der Waals surface area contributed by atoms with Crippen LogP contribution in [0.5, 0.6) is 0 Å². The summed E-state index contributed by atoms with van der Waals surface area (Å²) in [5.74, 6) is 0. The van der Waals surface area contributed by atoms with E-state index >= 15 is 0 Å². The van der Waals surface area contributed by atoms with E-state index in [9.17, 15) is 4.79 Å². The molecule has 0 bridgehead atoms. The van der Waals surface area contributed by atoms with E-state index in [1.54, 1.807) is 0 Å². The number of carbonyl (C=O) groups excluding carboxylic acids is 1. The van der Waals surface area contributed by atoms with Gasteiger partial charge in [0.25, 0.3) is 0 Å². The molecule has 2 nitrogen and oxygen atoms in total. The van der Waals surface area contributed by atoms with Crippen molar-refractivity contribution in [3.63, 3.8) is 0 Å². The molecule has 0 heterocycles. The standard InChI is InChI=1S/C11H18NOSi.2CH3.Ti/c1-11(2,3)12-10(13)14(4)9-7-5-6-8-9;;;/h5-7H,8H2,1-4H3,(H,12,13);2*1H3;/q;2*-1;+2. The fraction of sp³-hybridized carbons (Fsp3) is 0.462. The molecule has 0 aromatic heterocycles. The van der Waals surface area contributed by atoms with Gasteiger partial charge in [-0.2, -0.15) is 0 Å². The SMILES string of the molecule is C[Si](C(=O)NC(C)(C)C)C1=CC=CC1.[CH3-].[CH3-].[Ti+2]. The Morgan fingerprint density at radius 3 is 2.24 bits per heavy atom. The van der Waals surface area contributed by atoms with Crippen molar-refractivity contribution in [1.82, 2.24) is 5.32 Å². The third-order valence-corrected chi connectivity index (χ3v) is 4.22. The van der Waals surface area contributed by atoms with Crippen molar-refractivity contribution in [1.29, 1.82) is 0 Å². The first-order chi connectivity index (χ1) is 6.40. The van der Waals surface area contributed by atoms with Gasteiger partial charge < -0.3 is 20.2 Å². The number of rotatable bonds is 2. The van der Waals surface area contributed by atoms with Gasteiger partial charge in [-0.25, -0.2) is 0 Å². The summed E-state index contributed by atoms with van der Waals surface area (Å²) in [5, 5.41) is 4.34. The van der Waals surface area contributed by atoms with Gasteiger partial charge >= 0.3 is 21.7 Å². The van der Waals surface area contributed by atoms with E-state index < -0.39 is 8.80 Å². The van der Waals surface area contributed by atoms with Crippen molar-refractivity contribution >= 4 is 14.3 Å². The first kappa shape index (κ1) is 22.1. The van der Waals surface area contributed by atoms with E-state index in [0.717, 1.165) is 6.42 Å². The van der Waals surface area contributed by atoms with Crippen molar-refractivity contribution in [3.8, 4) is 0 Å². The molecule has 0 aromatic rings. The van der Waals surface area contributed by atoms with E-state index in [2.05, 4.69) is 24.0 Å². The first-order valence-electron chi connectivity index (χ1n) is 4.92. The van der Waals surface area contributed by atoms with Crippen molar-refractivity contribution in [2.45, 2.75) is 39.3 Å². The van der Waals surface area contributed by atoms with Gasteiger partial charge in [-0.1, -0.05) is 30.0 Å². The Labute approximate surface area is 123 Å². The van der Waals surface area contributed by atoms with E-state index in [4.69, 9.17) is 0 Å². The van der Waals surface area contributed by atoms with Crippen molar-refractivity contribution < 1.29 is 26.5 Å². The summed E-state index contributed by atoms with van der Waals surface area (Å²) in [4.78, 5) is 11.8. The molecule has 1 aliphatic carbocycles. The number of allylic oxidation sites excluding steroid dienone is 4. The average molecular weight is 286 g/mol. The number of carbonyl (C=O) groups is 1. The fourth-order valence-electron chi connectivity index (χ4n) is 1.31. The summed E-state index contributed by atoms with van der Waals surface area (Å²) in [6, 6.07) is 0. The molecule has 0 spiro atoms. The maximum Gasteiger partial charge on any atom is 2.00 e. The minimum atomic E-state index is -1.03. The zero-order chi connectivity index (χ0) is 10.8. The van der Waals surface area contributed by atoms with Gasteiger partial charge in [0, 0.05) is 5.54 Å².